The van der Waals surface area contributed by atoms with Crippen molar-refractivity contribution in [1.29, 1.82) is 0 Å². The first-order valence-electron chi connectivity index (χ1n) is 29.1. The van der Waals surface area contributed by atoms with Gasteiger partial charge in [-0.25, -0.2) is 0 Å². The summed E-state index contributed by atoms with van der Waals surface area (Å²) in [5.74, 6) is 1.71. The topological polar surface area (TPSA) is 78.9 Å². The van der Waals surface area contributed by atoms with Gasteiger partial charge in [0.05, 0.1) is 0 Å². The molecule has 0 aliphatic heterocycles. The van der Waals surface area contributed by atoms with Crippen LogP contribution in [0.1, 0.15) is 324 Å². The lowest BCUT2D eigenvalue weighted by molar-refractivity contribution is -0.167. The molecule has 0 aromatic carbocycles. The molecule has 2 atom stereocenters. The van der Waals surface area contributed by atoms with E-state index in [1.807, 2.05) is 0 Å². The molecular formula is C59H114O6. The summed E-state index contributed by atoms with van der Waals surface area (Å²) >= 11 is 0. The van der Waals surface area contributed by atoms with Crippen molar-refractivity contribution < 1.29 is 28.6 Å². The molecule has 0 N–H and O–H groups in total. The third kappa shape index (κ3) is 51.6. The molecule has 0 fully saturated rings. The van der Waals surface area contributed by atoms with Gasteiger partial charge in [-0.2, -0.15) is 0 Å². The number of rotatable bonds is 52. The summed E-state index contributed by atoms with van der Waals surface area (Å²) in [6, 6.07) is 0. The minimum absolute atomic E-state index is 0.0635. The number of esters is 3. The monoisotopic (exact) mass is 919 g/mol. The Morgan fingerprint density at radius 3 is 0.800 bits per heavy atom. The van der Waals surface area contributed by atoms with E-state index in [4.69, 9.17) is 14.2 Å². The van der Waals surface area contributed by atoms with Gasteiger partial charge >= 0.3 is 17.9 Å². The Labute approximate surface area is 406 Å². The van der Waals surface area contributed by atoms with Crippen molar-refractivity contribution in [1.82, 2.24) is 0 Å². The van der Waals surface area contributed by atoms with E-state index in [2.05, 4.69) is 41.5 Å². The second-order valence-corrected chi connectivity index (χ2v) is 21.5. The van der Waals surface area contributed by atoms with E-state index in [0.717, 1.165) is 75.5 Å². The summed E-state index contributed by atoms with van der Waals surface area (Å²) in [6.45, 7) is 13.8. The van der Waals surface area contributed by atoms with Crippen molar-refractivity contribution in [2.45, 2.75) is 330 Å². The SMILES string of the molecule is CCC(C)CCCCCCCCCCCCCCCCC(=O)OC[C@@H](COC(=O)CCCCCCCCCCCCC(C)C)OC(=O)CCCCCCCCCCCCCCCC(C)C. The van der Waals surface area contributed by atoms with Gasteiger partial charge in [-0.15, -0.1) is 0 Å². The minimum atomic E-state index is -0.764. The molecular weight excluding hydrogens is 805 g/mol. The van der Waals surface area contributed by atoms with Crippen LogP contribution in [0.15, 0.2) is 0 Å². The van der Waals surface area contributed by atoms with E-state index in [-0.39, 0.29) is 31.1 Å². The molecule has 0 saturated carbocycles. The fraction of sp³-hybridized carbons (Fsp3) is 0.949. The van der Waals surface area contributed by atoms with Gasteiger partial charge < -0.3 is 14.2 Å². The van der Waals surface area contributed by atoms with E-state index in [1.54, 1.807) is 0 Å². The van der Waals surface area contributed by atoms with Crippen LogP contribution in [0.2, 0.25) is 0 Å². The van der Waals surface area contributed by atoms with Crippen LogP contribution >= 0.6 is 0 Å². The number of hydrogen-bond donors (Lipinski definition) is 0. The highest BCUT2D eigenvalue weighted by Crippen LogP contribution is 2.19. The number of ether oxygens (including phenoxy) is 3. The summed E-state index contributed by atoms with van der Waals surface area (Å²) in [5.41, 5.74) is 0. The Morgan fingerprint density at radius 1 is 0.308 bits per heavy atom. The second kappa shape index (κ2) is 50.3. The molecule has 0 spiro atoms. The van der Waals surface area contributed by atoms with Gasteiger partial charge in [0.25, 0.3) is 0 Å². The lowest BCUT2D eigenvalue weighted by Crippen LogP contribution is -2.30. The maximum atomic E-state index is 12.9. The smallest absolute Gasteiger partial charge is 0.306 e. The molecule has 1 unspecified atom stereocenters. The maximum absolute atomic E-state index is 12.9. The Hall–Kier alpha value is -1.59. The largest absolute Gasteiger partial charge is 0.462 e. The molecule has 0 aliphatic rings. The van der Waals surface area contributed by atoms with Gasteiger partial charge in [0, 0.05) is 19.3 Å². The summed E-state index contributed by atoms with van der Waals surface area (Å²) < 4.78 is 16.9. The minimum Gasteiger partial charge on any atom is -0.462 e. The van der Waals surface area contributed by atoms with E-state index in [9.17, 15) is 14.4 Å². The zero-order valence-corrected chi connectivity index (χ0v) is 44.8. The summed E-state index contributed by atoms with van der Waals surface area (Å²) in [5, 5.41) is 0. The van der Waals surface area contributed by atoms with Gasteiger partial charge in [0.15, 0.2) is 6.10 Å². The molecule has 0 bridgehead atoms. The molecule has 0 heterocycles. The van der Waals surface area contributed by atoms with Crippen molar-refractivity contribution in [3.63, 3.8) is 0 Å². The van der Waals surface area contributed by atoms with Crippen LogP contribution in [-0.4, -0.2) is 37.2 Å². The molecule has 0 rings (SSSR count). The standard InChI is InChI=1S/C59H114O6/c1-7-55(6)47-41-35-29-23-16-12-8-9-13-17-24-30-36-42-48-57(60)63-51-56(52-64-58(61)49-43-37-31-25-20-19-22-28-34-40-46-54(4)5)65-59(62)50-44-38-32-26-18-14-10-11-15-21-27-33-39-45-53(2)3/h53-56H,7-52H2,1-6H3/t55?,56-/m0/s1. The Kier molecular flexibility index (Phi) is 49.1. The highest BCUT2D eigenvalue weighted by Gasteiger charge is 2.19. The molecule has 6 heteroatoms. The molecule has 0 aromatic heterocycles. The van der Waals surface area contributed by atoms with E-state index in [1.165, 1.54) is 205 Å². The first kappa shape index (κ1) is 63.4. The zero-order valence-electron chi connectivity index (χ0n) is 44.8. The predicted octanol–water partition coefficient (Wildman–Crippen LogP) is 19.1. The molecule has 65 heavy (non-hydrogen) atoms. The lowest BCUT2D eigenvalue weighted by Gasteiger charge is -2.18. The van der Waals surface area contributed by atoms with Crippen molar-refractivity contribution in [2.75, 3.05) is 13.2 Å². The van der Waals surface area contributed by atoms with Crippen molar-refractivity contribution in [3.8, 4) is 0 Å². The first-order valence-corrected chi connectivity index (χ1v) is 29.1. The van der Waals surface area contributed by atoms with E-state index >= 15 is 0 Å². The molecule has 6 nitrogen and oxygen atoms in total. The van der Waals surface area contributed by atoms with Crippen LogP contribution in [0.4, 0.5) is 0 Å². The van der Waals surface area contributed by atoms with Crippen LogP contribution < -0.4 is 0 Å². The predicted molar refractivity (Wildman–Crippen MR) is 279 cm³/mol. The molecule has 0 aromatic rings. The highest BCUT2D eigenvalue weighted by atomic mass is 16.6. The quantitative estimate of drug-likeness (QED) is 0.0344. The van der Waals surface area contributed by atoms with E-state index < -0.39 is 6.10 Å². The van der Waals surface area contributed by atoms with Gasteiger partial charge in [-0.3, -0.25) is 14.4 Å². The molecule has 0 radical (unpaired) electrons. The van der Waals surface area contributed by atoms with Gasteiger partial charge in [0.1, 0.15) is 13.2 Å². The highest BCUT2D eigenvalue weighted by molar-refractivity contribution is 5.71. The third-order valence-corrected chi connectivity index (χ3v) is 13.8. The molecule has 0 saturated heterocycles. The van der Waals surface area contributed by atoms with Crippen LogP contribution in [0, 0.1) is 17.8 Å². The Morgan fingerprint density at radius 2 is 0.538 bits per heavy atom. The molecule has 386 valence electrons. The van der Waals surface area contributed by atoms with Gasteiger partial charge in [-0.1, -0.05) is 286 Å². The van der Waals surface area contributed by atoms with Crippen LogP contribution in [0.25, 0.3) is 0 Å². The van der Waals surface area contributed by atoms with Crippen LogP contribution in [-0.2, 0) is 28.6 Å². The van der Waals surface area contributed by atoms with Crippen molar-refractivity contribution in [3.05, 3.63) is 0 Å². The molecule has 0 amide bonds. The van der Waals surface area contributed by atoms with Gasteiger partial charge in [-0.05, 0) is 37.0 Å². The van der Waals surface area contributed by atoms with E-state index in [0.29, 0.717) is 19.3 Å². The average Bonchev–Trinajstić information content (AvgIpc) is 3.28. The summed E-state index contributed by atoms with van der Waals surface area (Å²) in [6.07, 6.45) is 52.3. The normalized spacial score (nSPS) is 12.6. The van der Waals surface area contributed by atoms with Gasteiger partial charge in [0.2, 0.25) is 0 Å². The fourth-order valence-electron chi connectivity index (χ4n) is 8.97. The zero-order chi connectivity index (χ0) is 47.7. The maximum Gasteiger partial charge on any atom is 0.306 e. The lowest BCUT2D eigenvalue weighted by atomic mass is 9.99. The first-order chi connectivity index (χ1) is 31.6. The third-order valence-electron chi connectivity index (χ3n) is 13.8. The fourth-order valence-corrected chi connectivity index (χ4v) is 8.97. The molecule has 0 aliphatic carbocycles. The number of carbonyl (C=O) groups is 3. The summed E-state index contributed by atoms with van der Waals surface area (Å²) in [4.78, 5) is 38.1. The second-order valence-electron chi connectivity index (χ2n) is 21.5. The number of hydrogen-bond acceptors (Lipinski definition) is 6. The number of unbranched alkanes of at least 4 members (excludes halogenated alkanes) is 34. The van der Waals surface area contributed by atoms with Crippen LogP contribution in [0.3, 0.4) is 0 Å². The average molecular weight is 920 g/mol. The summed E-state index contributed by atoms with van der Waals surface area (Å²) in [7, 11) is 0. The van der Waals surface area contributed by atoms with Crippen molar-refractivity contribution >= 4 is 17.9 Å². The number of carbonyl (C=O) groups excluding carboxylic acids is 3. The van der Waals surface area contributed by atoms with Crippen molar-refractivity contribution in [2.24, 2.45) is 17.8 Å². The Bertz CT molecular complexity index is 1010. The van der Waals surface area contributed by atoms with Crippen LogP contribution in [0.5, 0.6) is 0 Å². The Balaban J connectivity index is 4.30.